The largest absolute Gasteiger partial charge is 0.491 e. The van der Waals surface area contributed by atoms with Crippen molar-refractivity contribution in [2.75, 3.05) is 0 Å². The Morgan fingerprint density at radius 3 is 2.45 bits per heavy atom. The quantitative estimate of drug-likeness (QED) is 0.508. The van der Waals surface area contributed by atoms with Crippen LogP contribution in [-0.4, -0.2) is 25.3 Å². The number of nitrogens with zero attached hydrogens (tertiary/aromatic N) is 1. The number of pyridine rings is 1. The summed E-state index contributed by atoms with van der Waals surface area (Å²) in [5.41, 5.74) is 0.989. The van der Waals surface area contributed by atoms with E-state index in [9.17, 15) is 13.2 Å². The third kappa shape index (κ3) is 5.22. The summed E-state index contributed by atoms with van der Waals surface area (Å²) in [4.78, 5) is 17.0. The molecule has 0 radical (unpaired) electrons. The Morgan fingerprint density at radius 1 is 1.10 bits per heavy atom. The van der Waals surface area contributed by atoms with Crippen LogP contribution >= 0.6 is 11.6 Å². The summed E-state index contributed by atoms with van der Waals surface area (Å²) in [5, 5.41) is 0.355. The average Bonchev–Trinajstić information content (AvgIpc) is 2.69. The Hall–Kier alpha value is -2.70. The Labute approximate surface area is 175 Å². The third-order valence-electron chi connectivity index (χ3n) is 4.14. The van der Waals surface area contributed by atoms with Gasteiger partial charge in [0.2, 0.25) is 0 Å². The van der Waals surface area contributed by atoms with Gasteiger partial charge in [-0.15, -0.1) is 0 Å². The highest BCUT2D eigenvalue weighted by atomic mass is 35.5. The molecular weight excluding hydrogens is 410 g/mol. The van der Waals surface area contributed by atoms with E-state index in [1.165, 1.54) is 24.4 Å². The number of carbonyl (C=O) groups excluding carboxylic acids is 1. The van der Waals surface area contributed by atoms with Crippen LogP contribution in [0.2, 0.25) is 5.02 Å². The van der Waals surface area contributed by atoms with Crippen molar-refractivity contribution in [2.24, 2.45) is 0 Å². The number of benzene rings is 2. The van der Waals surface area contributed by atoms with Gasteiger partial charge in [0.05, 0.1) is 16.8 Å². The molecule has 0 N–H and O–H groups in total. The molecule has 0 spiro atoms. The lowest BCUT2D eigenvalue weighted by atomic mass is 10.0. The first kappa shape index (κ1) is 21.0. The molecule has 0 aliphatic carbocycles. The van der Waals surface area contributed by atoms with Gasteiger partial charge in [0, 0.05) is 28.5 Å². The van der Waals surface area contributed by atoms with Crippen LogP contribution in [-0.2, 0) is 15.6 Å². The predicted molar refractivity (Wildman–Crippen MR) is 112 cm³/mol. The second kappa shape index (κ2) is 8.76. The van der Waals surface area contributed by atoms with Crippen LogP contribution in [0.5, 0.6) is 5.75 Å². The van der Waals surface area contributed by atoms with Gasteiger partial charge in [-0.25, -0.2) is 8.42 Å². The van der Waals surface area contributed by atoms with E-state index in [2.05, 4.69) is 4.98 Å². The van der Waals surface area contributed by atoms with Crippen molar-refractivity contribution in [2.45, 2.75) is 30.6 Å². The fourth-order valence-electron chi connectivity index (χ4n) is 2.82. The summed E-state index contributed by atoms with van der Waals surface area (Å²) in [5.74, 6) is -0.0556. The van der Waals surface area contributed by atoms with Gasteiger partial charge >= 0.3 is 0 Å². The number of hydrogen-bond donors (Lipinski definition) is 0. The van der Waals surface area contributed by atoms with E-state index in [0.29, 0.717) is 21.9 Å². The molecule has 3 aromatic rings. The third-order valence-corrected chi connectivity index (χ3v) is 6.06. The molecule has 0 saturated carbocycles. The zero-order chi connectivity index (χ0) is 21.0. The molecule has 0 fully saturated rings. The lowest BCUT2D eigenvalue weighted by molar-refractivity contribution is 0.103. The minimum absolute atomic E-state index is 0.00688. The lowest BCUT2D eigenvalue weighted by Crippen LogP contribution is -2.11. The van der Waals surface area contributed by atoms with E-state index in [1.807, 2.05) is 13.8 Å². The highest BCUT2D eigenvalue weighted by Crippen LogP contribution is 2.25. The van der Waals surface area contributed by atoms with Gasteiger partial charge in [0.25, 0.3) is 0 Å². The van der Waals surface area contributed by atoms with Crippen molar-refractivity contribution in [3.05, 3.63) is 88.7 Å². The minimum Gasteiger partial charge on any atom is -0.491 e. The summed E-state index contributed by atoms with van der Waals surface area (Å²) in [7, 11) is -3.68. The predicted octanol–water partition coefficient (Wildman–Crippen LogP) is 4.73. The van der Waals surface area contributed by atoms with E-state index < -0.39 is 9.84 Å². The second-order valence-corrected chi connectivity index (χ2v) is 9.20. The molecular formula is C22H20ClNO4S. The fourth-order valence-corrected chi connectivity index (χ4v) is 4.37. The molecule has 5 nitrogen and oxygen atoms in total. The summed E-state index contributed by atoms with van der Waals surface area (Å²) in [6.45, 7) is 3.79. The summed E-state index contributed by atoms with van der Waals surface area (Å²) < 4.78 is 31.4. The Bertz CT molecular complexity index is 1110. The number of ether oxygens (including phenoxy) is 1. The van der Waals surface area contributed by atoms with Crippen LogP contribution < -0.4 is 4.74 Å². The van der Waals surface area contributed by atoms with Gasteiger partial charge in [0.15, 0.2) is 15.6 Å². The zero-order valence-corrected chi connectivity index (χ0v) is 17.6. The molecule has 0 unspecified atom stereocenters. The van der Waals surface area contributed by atoms with Gasteiger partial charge in [0.1, 0.15) is 5.75 Å². The van der Waals surface area contributed by atoms with Gasteiger partial charge in [-0.1, -0.05) is 17.7 Å². The van der Waals surface area contributed by atoms with Gasteiger partial charge in [-0.3, -0.25) is 9.78 Å². The van der Waals surface area contributed by atoms with Crippen LogP contribution in [0, 0.1) is 0 Å². The maximum Gasteiger partial charge on any atom is 0.194 e. The number of hydrogen-bond acceptors (Lipinski definition) is 5. The molecule has 0 atom stereocenters. The SMILES string of the molecule is CC(C)Oc1ccc(S(=O)(=O)Cc2ccc(Cl)cc2C(=O)c2cccnc2)cc1. The van der Waals surface area contributed by atoms with Crippen molar-refractivity contribution in [1.82, 2.24) is 4.98 Å². The second-order valence-electron chi connectivity index (χ2n) is 6.77. The van der Waals surface area contributed by atoms with Crippen molar-refractivity contribution in [3.8, 4) is 5.75 Å². The number of carbonyl (C=O) groups is 1. The molecule has 1 aromatic heterocycles. The van der Waals surface area contributed by atoms with Crippen LogP contribution in [0.25, 0.3) is 0 Å². The van der Waals surface area contributed by atoms with Gasteiger partial charge < -0.3 is 4.74 Å². The first-order chi connectivity index (χ1) is 13.8. The molecule has 3 rings (SSSR count). The number of rotatable bonds is 7. The van der Waals surface area contributed by atoms with Crippen LogP contribution in [0.3, 0.4) is 0 Å². The molecule has 29 heavy (non-hydrogen) atoms. The molecule has 0 aliphatic heterocycles. The summed E-state index contributed by atoms with van der Waals surface area (Å²) >= 11 is 6.06. The molecule has 150 valence electrons. The highest BCUT2D eigenvalue weighted by molar-refractivity contribution is 7.90. The normalized spacial score (nSPS) is 11.4. The summed E-state index contributed by atoms with van der Waals surface area (Å²) in [6, 6.07) is 14.2. The maximum absolute atomic E-state index is 12.9. The fraction of sp³-hybridized carbons (Fsp3) is 0.182. The Kier molecular flexibility index (Phi) is 6.35. The standard InChI is InChI=1S/C22H20ClNO4S/c1-15(2)28-19-7-9-20(10-8-19)29(26,27)14-17-5-6-18(23)12-21(17)22(25)16-4-3-11-24-13-16/h3-13,15H,14H2,1-2H3. The van der Waals surface area contributed by atoms with Crippen molar-refractivity contribution < 1.29 is 17.9 Å². The monoisotopic (exact) mass is 429 g/mol. The number of halogens is 1. The van der Waals surface area contributed by atoms with Crippen LogP contribution in [0.15, 0.2) is 71.9 Å². The molecule has 7 heteroatoms. The molecule has 0 saturated heterocycles. The Morgan fingerprint density at radius 2 is 1.83 bits per heavy atom. The van der Waals surface area contributed by atoms with Crippen LogP contribution in [0.1, 0.15) is 35.3 Å². The molecule has 0 bridgehead atoms. The molecule has 1 heterocycles. The van der Waals surface area contributed by atoms with Crippen molar-refractivity contribution in [3.63, 3.8) is 0 Å². The van der Waals surface area contributed by atoms with Gasteiger partial charge in [-0.05, 0) is 67.9 Å². The van der Waals surface area contributed by atoms with E-state index in [1.54, 1.807) is 42.6 Å². The number of ketones is 1. The maximum atomic E-state index is 12.9. The lowest BCUT2D eigenvalue weighted by Gasteiger charge is -2.12. The van der Waals surface area contributed by atoms with Crippen molar-refractivity contribution in [1.29, 1.82) is 0 Å². The zero-order valence-electron chi connectivity index (χ0n) is 16.0. The number of sulfone groups is 1. The molecule has 2 aromatic carbocycles. The van der Waals surface area contributed by atoms with E-state index in [4.69, 9.17) is 16.3 Å². The smallest absolute Gasteiger partial charge is 0.194 e. The first-order valence-electron chi connectivity index (χ1n) is 8.99. The first-order valence-corrected chi connectivity index (χ1v) is 11.0. The molecule has 0 amide bonds. The summed E-state index contributed by atoms with van der Waals surface area (Å²) in [6.07, 6.45) is 2.99. The van der Waals surface area contributed by atoms with Crippen LogP contribution in [0.4, 0.5) is 0 Å². The number of aromatic nitrogens is 1. The van der Waals surface area contributed by atoms with E-state index in [-0.39, 0.29) is 28.1 Å². The molecule has 0 aliphatic rings. The average molecular weight is 430 g/mol. The van der Waals surface area contributed by atoms with Crippen molar-refractivity contribution >= 4 is 27.2 Å². The van der Waals surface area contributed by atoms with E-state index >= 15 is 0 Å². The topological polar surface area (TPSA) is 73.3 Å². The highest BCUT2D eigenvalue weighted by Gasteiger charge is 2.21. The Balaban J connectivity index is 1.92. The van der Waals surface area contributed by atoms with E-state index in [0.717, 1.165) is 0 Å². The van der Waals surface area contributed by atoms with Gasteiger partial charge in [-0.2, -0.15) is 0 Å². The minimum atomic E-state index is -3.68.